The van der Waals surface area contributed by atoms with E-state index in [0.717, 1.165) is 61.8 Å². The third kappa shape index (κ3) is 8.59. The highest BCUT2D eigenvalue weighted by Gasteiger charge is 2.31. The summed E-state index contributed by atoms with van der Waals surface area (Å²) in [4.78, 5) is 31.9. The zero-order valence-electron chi connectivity index (χ0n) is 28.8. The van der Waals surface area contributed by atoms with E-state index in [4.69, 9.17) is 4.74 Å². The maximum Gasteiger partial charge on any atom is 0.416 e. The summed E-state index contributed by atoms with van der Waals surface area (Å²) in [5, 5.41) is 0.452. The van der Waals surface area contributed by atoms with Gasteiger partial charge in [0.05, 0.1) is 17.7 Å². The summed E-state index contributed by atoms with van der Waals surface area (Å²) in [7, 11) is 1.67. The van der Waals surface area contributed by atoms with Gasteiger partial charge in [0.1, 0.15) is 6.54 Å². The molecule has 52 heavy (non-hydrogen) atoms. The first-order valence-electron chi connectivity index (χ1n) is 17.3. The first-order chi connectivity index (χ1) is 25.0. The maximum atomic E-state index is 14.6. The molecule has 0 spiro atoms. The molecule has 0 radical (unpaired) electrons. The highest BCUT2D eigenvalue weighted by molar-refractivity contribution is 5.83. The Balaban J connectivity index is 1.28. The number of fused-ring (bicyclic) bond motifs is 1. The molecule has 272 valence electrons. The van der Waals surface area contributed by atoms with Crippen molar-refractivity contribution in [3.63, 3.8) is 0 Å². The second-order valence-corrected chi connectivity index (χ2v) is 13.2. The minimum absolute atomic E-state index is 0.0728. The standard InChI is InChI=1S/C41H40F5N3O3/c1-52-24-23-47-21-19-33(20-22-47)49(26-28-9-11-29(12-10-28)30-13-16-32(17-14-30)41(44,45)46)39(51)27-48-34(18-15-31-5-4-7-36(42)40(31)43)25-38(50)35-6-2-3-8-37(35)48/h2-14,16-17,25,33H,15,18-24,26-27H2,1H3. The molecular weight excluding hydrogens is 677 g/mol. The van der Waals surface area contributed by atoms with Gasteiger partial charge >= 0.3 is 6.18 Å². The van der Waals surface area contributed by atoms with Gasteiger partial charge in [0.25, 0.3) is 0 Å². The smallest absolute Gasteiger partial charge is 0.383 e. The molecule has 0 N–H and O–H groups in total. The van der Waals surface area contributed by atoms with Crippen LogP contribution < -0.4 is 5.43 Å². The lowest BCUT2D eigenvalue weighted by molar-refractivity contribution is -0.137. The van der Waals surface area contributed by atoms with Crippen LogP contribution in [0, 0.1) is 11.6 Å². The van der Waals surface area contributed by atoms with Crippen LogP contribution in [0.1, 0.15) is 35.2 Å². The summed E-state index contributed by atoms with van der Waals surface area (Å²) in [6.07, 6.45) is -2.59. The monoisotopic (exact) mass is 717 g/mol. The lowest BCUT2D eigenvalue weighted by Crippen LogP contribution is -2.48. The van der Waals surface area contributed by atoms with Gasteiger partial charge in [-0.05, 0) is 78.3 Å². The van der Waals surface area contributed by atoms with Crippen LogP contribution in [0.5, 0.6) is 0 Å². The summed E-state index contributed by atoms with van der Waals surface area (Å²) in [6, 6.07) is 24.9. The van der Waals surface area contributed by atoms with Gasteiger partial charge in [-0.15, -0.1) is 0 Å². The predicted molar refractivity (Wildman–Crippen MR) is 191 cm³/mol. The first-order valence-corrected chi connectivity index (χ1v) is 17.3. The van der Waals surface area contributed by atoms with Crippen molar-refractivity contribution in [1.29, 1.82) is 0 Å². The van der Waals surface area contributed by atoms with Crippen LogP contribution in [0.2, 0.25) is 0 Å². The Morgan fingerprint density at radius 2 is 1.54 bits per heavy atom. The average Bonchev–Trinajstić information content (AvgIpc) is 3.15. The van der Waals surface area contributed by atoms with Crippen LogP contribution >= 0.6 is 0 Å². The molecule has 11 heteroatoms. The summed E-state index contributed by atoms with van der Waals surface area (Å²) in [5.41, 5.74) is 2.62. The quantitative estimate of drug-likeness (QED) is 0.123. The van der Waals surface area contributed by atoms with Gasteiger partial charge in [0.2, 0.25) is 5.91 Å². The molecule has 0 aliphatic carbocycles. The molecule has 1 aliphatic rings. The zero-order valence-corrected chi connectivity index (χ0v) is 28.8. The molecule has 0 atom stereocenters. The lowest BCUT2D eigenvalue weighted by Gasteiger charge is -2.39. The van der Waals surface area contributed by atoms with Gasteiger partial charge in [-0.25, -0.2) is 8.78 Å². The van der Waals surface area contributed by atoms with E-state index in [1.54, 1.807) is 31.4 Å². The number of rotatable bonds is 12. The number of aromatic nitrogens is 1. The van der Waals surface area contributed by atoms with E-state index >= 15 is 0 Å². The second-order valence-electron chi connectivity index (χ2n) is 13.2. The number of nitrogens with zero attached hydrogens (tertiary/aromatic N) is 3. The Bertz CT molecular complexity index is 2050. The molecule has 0 saturated carbocycles. The fourth-order valence-corrected chi connectivity index (χ4v) is 6.95. The minimum atomic E-state index is -4.42. The molecular formula is C41H40F5N3O3. The van der Waals surface area contributed by atoms with E-state index in [0.29, 0.717) is 35.3 Å². The Labute approximate surface area is 299 Å². The number of pyridine rings is 1. The van der Waals surface area contributed by atoms with Crippen molar-refractivity contribution in [2.24, 2.45) is 0 Å². The number of piperidine rings is 1. The third-order valence-electron chi connectivity index (χ3n) is 9.86. The Morgan fingerprint density at radius 3 is 2.21 bits per heavy atom. The summed E-state index contributed by atoms with van der Waals surface area (Å²) < 4.78 is 75.0. The molecule has 1 saturated heterocycles. The number of methoxy groups -OCH3 is 1. The van der Waals surface area contributed by atoms with Crippen LogP contribution in [0.3, 0.4) is 0 Å². The molecule has 6 rings (SSSR count). The number of para-hydroxylation sites is 1. The van der Waals surface area contributed by atoms with E-state index in [9.17, 15) is 31.5 Å². The summed E-state index contributed by atoms with van der Waals surface area (Å²) in [5.74, 6) is -2.03. The van der Waals surface area contributed by atoms with Gasteiger partial charge in [0, 0.05) is 56.5 Å². The van der Waals surface area contributed by atoms with E-state index < -0.39 is 23.4 Å². The number of amides is 1. The van der Waals surface area contributed by atoms with Crippen LogP contribution in [-0.2, 0) is 41.6 Å². The van der Waals surface area contributed by atoms with Crippen molar-refractivity contribution in [3.05, 3.63) is 141 Å². The minimum Gasteiger partial charge on any atom is -0.383 e. The Kier molecular flexibility index (Phi) is 11.5. The molecule has 2 heterocycles. The molecule has 5 aromatic rings. The number of alkyl halides is 3. The lowest BCUT2D eigenvalue weighted by atomic mass is 10.00. The largest absolute Gasteiger partial charge is 0.416 e. The fourth-order valence-electron chi connectivity index (χ4n) is 6.95. The molecule has 0 bridgehead atoms. The van der Waals surface area contributed by atoms with E-state index in [1.165, 1.54) is 30.3 Å². The number of halogens is 5. The van der Waals surface area contributed by atoms with Gasteiger partial charge in [-0.3, -0.25) is 9.59 Å². The summed E-state index contributed by atoms with van der Waals surface area (Å²) >= 11 is 0. The predicted octanol–water partition coefficient (Wildman–Crippen LogP) is 7.89. The number of carbonyl (C=O) groups excluding carboxylic acids is 1. The van der Waals surface area contributed by atoms with Gasteiger partial charge < -0.3 is 19.1 Å². The second kappa shape index (κ2) is 16.2. The molecule has 1 fully saturated rings. The highest BCUT2D eigenvalue weighted by atomic mass is 19.4. The number of hydrogen-bond donors (Lipinski definition) is 0. The van der Waals surface area contributed by atoms with E-state index in [2.05, 4.69) is 4.90 Å². The fraction of sp³-hybridized carbons (Fsp3) is 0.317. The average molecular weight is 718 g/mol. The number of benzene rings is 4. The zero-order chi connectivity index (χ0) is 36.8. The van der Waals surface area contributed by atoms with Crippen molar-refractivity contribution in [2.75, 3.05) is 33.4 Å². The Morgan fingerprint density at radius 1 is 0.865 bits per heavy atom. The van der Waals surface area contributed by atoms with E-state index in [1.807, 2.05) is 33.7 Å². The summed E-state index contributed by atoms with van der Waals surface area (Å²) in [6.45, 7) is 3.21. The van der Waals surface area contributed by atoms with Crippen molar-refractivity contribution >= 4 is 16.8 Å². The van der Waals surface area contributed by atoms with Crippen molar-refractivity contribution < 1.29 is 31.5 Å². The number of ether oxygens (including phenoxy) is 1. The third-order valence-corrected chi connectivity index (χ3v) is 9.86. The molecule has 6 nitrogen and oxygen atoms in total. The number of likely N-dealkylation sites (tertiary alicyclic amines) is 1. The van der Waals surface area contributed by atoms with Gasteiger partial charge in [-0.2, -0.15) is 13.2 Å². The van der Waals surface area contributed by atoms with E-state index in [-0.39, 0.29) is 42.3 Å². The van der Waals surface area contributed by atoms with Crippen LogP contribution in [-0.4, -0.2) is 59.7 Å². The molecule has 4 aromatic carbocycles. The number of aryl methyl sites for hydroxylation is 2. The molecule has 1 aromatic heterocycles. The molecule has 0 unspecified atom stereocenters. The van der Waals surface area contributed by atoms with Gasteiger partial charge in [-0.1, -0.05) is 60.7 Å². The molecule has 1 amide bonds. The van der Waals surface area contributed by atoms with Crippen molar-refractivity contribution in [1.82, 2.24) is 14.4 Å². The SMILES string of the molecule is COCCN1CCC(N(Cc2ccc(-c3ccc(C(F)(F)F)cc3)cc2)C(=O)Cn2c(CCc3cccc(F)c3F)cc(=O)c3ccccc32)CC1. The van der Waals surface area contributed by atoms with Gasteiger partial charge in [0.15, 0.2) is 17.1 Å². The molecule has 1 aliphatic heterocycles. The normalized spacial score (nSPS) is 14.2. The first kappa shape index (κ1) is 36.9. The van der Waals surface area contributed by atoms with Crippen molar-refractivity contribution in [2.45, 2.75) is 51.0 Å². The van der Waals surface area contributed by atoms with Crippen LogP contribution in [0.15, 0.2) is 102 Å². The van der Waals surface area contributed by atoms with Crippen LogP contribution in [0.25, 0.3) is 22.0 Å². The Hall–Kier alpha value is -4.87. The maximum absolute atomic E-state index is 14.6. The number of carbonyl (C=O) groups is 1. The highest BCUT2D eigenvalue weighted by Crippen LogP contribution is 2.31. The number of hydrogen-bond acceptors (Lipinski definition) is 4. The van der Waals surface area contributed by atoms with Crippen molar-refractivity contribution in [3.8, 4) is 11.1 Å². The topological polar surface area (TPSA) is 54.8 Å². The van der Waals surface area contributed by atoms with Crippen LogP contribution in [0.4, 0.5) is 22.0 Å².